The summed E-state index contributed by atoms with van der Waals surface area (Å²) < 4.78 is 11.1. The van der Waals surface area contributed by atoms with E-state index in [1.807, 2.05) is 45.0 Å². The molecule has 1 N–H and O–H groups in total. The third kappa shape index (κ3) is 5.92. The van der Waals surface area contributed by atoms with Crippen molar-refractivity contribution in [3.05, 3.63) is 29.8 Å². The largest absolute Gasteiger partial charge is 0.494 e. The van der Waals surface area contributed by atoms with Crippen molar-refractivity contribution in [1.29, 1.82) is 0 Å². The van der Waals surface area contributed by atoms with Gasteiger partial charge in [-0.25, -0.2) is 4.79 Å². The van der Waals surface area contributed by atoms with Crippen LogP contribution in [0.3, 0.4) is 0 Å². The quantitative estimate of drug-likeness (QED) is 0.818. The lowest BCUT2D eigenvalue weighted by atomic mass is 9.87. The van der Waals surface area contributed by atoms with Crippen molar-refractivity contribution in [1.82, 2.24) is 4.90 Å². The molecule has 1 saturated heterocycles. The molecule has 0 bridgehead atoms. The summed E-state index contributed by atoms with van der Waals surface area (Å²) in [6, 6.07) is 7.94. The molecule has 0 spiro atoms. The molecule has 5 heteroatoms. The highest BCUT2D eigenvalue weighted by Crippen LogP contribution is 2.30. The van der Waals surface area contributed by atoms with Crippen molar-refractivity contribution in [2.45, 2.75) is 64.6 Å². The van der Waals surface area contributed by atoms with Gasteiger partial charge >= 0.3 is 6.09 Å². The summed E-state index contributed by atoms with van der Waals surface area (Å²) in [5.41, 5.74) is 0.561. The molecular weight excluding hydrogens is 318 g/mol. The van der Waals surface area contributed by atoms with E-state index in [4.69, 9.17) is 9.47 Å². The van der Waals surface area contributed by atoms with Crippen molar-refractivity contribution < 1.29 is 19.4 Å². The Morgan fingerprint density at radius 1 is 1.28 bits per heavy atom. The maximum Gasteiger partial charge on any atom is 0.410 e. The zero-order valence-corrected chi connectivity index (χ0v) is 15.8. The number of benzene rings is 1. The summed E-state index contributed by atoms with van der Waals surface area (Å²) >= 11 is 0. The molecule has 2 atom stereocenters. The molecule has 25 heavy (non-hydrogen) atoms. The highest BCUT2D eigenvalue weighted by atomic mass is 16.6. The number of carbonyl (C=O) groups is 1. The third-order valence-electron chi connectivity index (χ3n) is 4.31. The lowest BCUT2D eigenvalue weighted by Gasteiger charge is -2.36. The minimum atomic E-state index is -0.590. The van der Waals surface area contributed by atoms with Crippen LogP contribution in [-0.2, 0) is 4.74 Å². The van der Waals surface area contributed by atoms with Crippen molar-refractivity contribution >= 4 is 6.09 Å². The first kappa shape index (κ1) is 19.6. The predicted octanol–water partition coefficient (Wildman–Crippen LogP) is 3.95. The molecular formula is C20H31NO4. The average Bonchev–Trinajstić information content (AvgIpc) is 2.54. The Morgan fingerprint density at radius 3 is 2.52 bits per heavy atom. The smallest absolute Gasteiger partial charge is 0.410 e. The van der Waals surface area contributed by atoms with Gasteiger partial charge in [-0.15, -0.1) is 0 Å². The van der Waals surface area contributed by atoms with E-state index in [9.17, 15) is 9.90 Å². The fourth-order valence-electron chi connectivity index (χ4n) is 2.96. The van der Waals surface area contributed by atoms with Crippen LogP contribution in [0.4, 0.5) is 4.79 Å². The number of hydrogen-bond donors (Lipinski definition) is 1. The molecule has 0 saturated carbocycles. The Kier molecular flexibility index (Phi) is 6.71. The van der Waals surface area contributed by atoms with Crippen molar-refractivity contribution in [2.24, 2.45) is 0 Å². The number of amides is 1. The van der Waals surface area contributed by atoms with E-state index in [0.29, 0.717) is 13.1 Å². The lowest BCUT2D eigenvalue weighted by Crippen LogP contribution is -2.47. The molecule has 2 rings (SSSR count). The topological polar surface area (TPSA) is 59.0 Å². The summed E-state index contributed by atoms with van der Waals surface area (Å²) in [5.74, 6) is 0.890. The molecule has 0 aliphatic carbocycles. The first-order valence-corrected chi connectivity index (χ1v) is 9.19. The highest BCUT2D eigenvalue weighted by Gasteiger charge is 2.33. The second kappa shape index (κ2) is 8.56. The van der Waals surface area contributed by atoms with Crippen LogP contribution >= 0.6 is 0 Å². The number of ether oxygens (including phenoxy) is 2. The van der Waals surface area contributed by atoms with Gasteiger partial charge in [0.25, 0.3) is 0 Å². The Balaban J connectivity index is 1.91. The maximum absolute atomic E-state index is 12.1. The molecule has 1 aliphatic heterocycles. The Bertz CT molecular complexity index is 550. The van der Waals surface area contributed by atoms with Crippen LogP contribution in [0.5, 0.6) is 5.75 Å². The molecule has 1 aromatic rings. The van der Waals surface area contributed by atoms with Crippen LogP contribution < -0.4 is 4.74 Å². The Labute approximate surface area is 150 Å². The van der Waals surface area contributed by atoms with Gasteiger partial charge in [0.15, 0.2) is 0 Å². The van der Waals surface area contributed by atoms with E-state index in [0.717, 1.165) is 37.2 Å². The first-order chi connectivity index (χ1) is 11.8. The van der Waals surface area contributed by atoms with Crippen LogP contribution in [0.2, 0.25) is 0 Å². The van der Waals surface area contributed by atoms with Crippen LogP contribution in [0.1, 0.15) is 58.4 Å². The molecule has 1 heterocycles. The number of carbonyl (C=O) groups excluding carboxylic acids is 1. The van der Waals surface area contributed by atoms with Gasteiger partial charge in [-0.05, 0) is 51.3 Å². The van der Waals surface area contributed by atoms with Gasteiger partial charge in [-0.2, -0.15) is 0 Å². The number of aliphatic hydroxyl groups is 1. The summed E-state index contributed by atoms with van der Waals surface area (Å²) in [6.07, 6.45) is 1.93. The van der Waals surface area contributed by atoms with Gasteiger partial charge in [-0.3, -0.25) is 0 Å². The number of aliphatic hydroxyl groups excluding tert-OH is 1. The monoisotopic (exact) mass is 349 g/mol. The summed E-state index contributed by atoms with van der Waals surface area (Å²) in [5, 5.41) is 10.5. The van der Waals surface area contributed by atoms with Gasteiger partial charge < -0.3 is 19.5 Å². The third-order valence-corrected chi connectivity index (χ3v) is 4.31. The number of nitrogens with zero attached hydrogens (tertiary/aromatic N) is 1. The number of rotatable bonds is 5. The number of β-amino-alcohol motifs (C(OH)–C–C–N with tert-alkyl or cyclic N) is 1. The van der Waals surface area contributed by atoms with E-state index in [1.165, 1.54) is 0 Å². The molecule has 1 aromatic carbocycles. The van der Waals surface area contributed by atoms with Crippen LogP contribution in [0, 0.1) is 0 Å². The van der Waals surface area contributed by atoms with Crippen LogP contribution in [0.25, 0.3) is 0 Å². The highest BCUT2D eigenvalue weighted by molar-refractivity contribution is 5.68. The van der Waals surface area contributed by atoms with E-state index in [1.54, 1.807) is 4.90 Å². The van der Waals surface area contributed by atoms with E-state index < -0.39 is 11.7 Å². The SMILES string of the molecule is CCCCOc1ccc([C@@H]2CCN(C(=O)OC(C)(C)C)C[C@H]2O)cc1. The van der Waals surface area contributed by atoms with Crippen molar-refractivity contribution in [3.63, 3.8) is 0 Å². The summed E-state index contributed by atoms with van der Waals surface area (Å²) in [6.45, 7) is 9.29. The number of unbranched alkanes of at least 4 members (excludes halogenated alkanes) is 1. The molecule has 0 unspecified atom stereocenters. The predicted molar refractivity (Wildman–Crippen MR) is 98.0 cm³/mol. The van der Waals surface area contributed by atoms with Crippen molar-refractivity contribution in [2.75, 3.05) is 19.7 Å². The first-order valence-electron chi connectivity index (χ1n) is 9.19. The molecule has 1 fully saturated rings. The zero-order valence-electron chi connectivity index (χ0n) is 15.8. The van der Waals surface area contributed by atoms with Gasteiger partial charge in [-0.1, -0.05) is 25.5 Å². The number of likely N-dealkylation sites (tertiary alicyclic amines) is 1. The van der Waals surface area contributed by atoms with Gasteiger partial charge in [0.2, 0.25) is 0 Å². The van der Waals surface area contributed by atoms with Crippen molar-refractivity contribution in [3.8, 4) is 5.75 Å². The van der Waals surface area contributed by atoms with Gasteiger partial charge in [0, 0.05) is 12.5 Å². The molecule has 1 aliphatic rings. The molecule has 140 valence electrons. The summed E-state index contributed by atoms with van der Waals surface area (Å²) in [4.78, 5) is 13.7. The fraction of sp³-hybridized carbons (Fsp3) is 0.650. The molecule has 5 nitrogen and oxygen atoms in total. The fourth-order valence-corrected chi connectivity index (χ4v) is 2.96. The van der Waals surface area contributed by atoms with E-state index >= 15 is 0 Å². The molecule has 1 amide bonds. The second-order valence-electron chi connectivity index (χ2n) is 7.66. The minimum absolute atomic E-state index is 0.0309. The lowest BCUT2D eigenvalue weighted by molar-refractivity contribution is -0.00152. The number of hydrogen-bond acceptors (Lipinski definition) is 4. The second-order valence-corrected chi connectivity index (χ2v) is 7.66. The zero-order chi connectivity index (χ0) is 18.4. The normalized spacial score (nSPS) is 21.1. The molecule has 0 aromatic heterocycles. The van der Waals surface area contributed by atoms with Crippen LogP contribution in [-0.4, -0.2) is 47.5 Å². The maximum atomic E-state index is 12.1. The minimum Gasteiger partial charge on any atom is -0.494 e. The standard InChI is InChI=1S/C20H31NO4/c1-5-6-13-24-16-9-7-15(8-10-16)17-11-12-21(14-18(17)22)19(23)25-20(2,3)4/h7-10,17-18,22H,5-6,11-14H2,1-4H3/t17-,18+/m0/s1. The van der Waals surface area contributed by atoms with Gasteiger partial charge in [0.1, 0.15) is 11.4 Å². The number of piperidine rings is 1. The van der Waals surface area contributed by atoms with E-state index in [-0.39, 0.29) is 12.0 Å². The Morgan fingerprint density at radius 2 is 1.96 bits per heavy atom. The van der Waals surface area contributed by atoms with Crippen LogP contribution in [0.15, 0.2) is 24.3 Å². The van der Waals surface area contributed by atoms with Gasteiger partial charge in [0.05, 0.1) is 19.3 Å². The molecule has 0 radical (unpaired) electrons. The Hall–Kier alpha value is -1.75. The summed E-state index contributed by atoms with van der Waals surface area (Å²) in [7, 11) is 0. The average molecular weight is 349 g/mol. The van der Waals surface area contributed by atoms with E-state index in [2.05, 4.69) is 6.92 Å².